The molecule has 2 heterocycles. The van der Waals surface area contributed by atoms with Crippen LogP contribution in [0.1, 0.15) is 12.0 Å². The zero-order chi connectivity index (χ0) is 10.8. The minimum absolute atomic E-state index is 0.202. The molecule has 0 radical (unpaired) electrons. The van der Waals surface area contributed by atoms with Gasteiger partial charge >= 0.3 is 0 Å². The van der Waals surface area contributed by atoms with Crippen LogP contribution in [0.15, 0.2) is 30.3 Å². The lowest BCUT2D eigenvalue weighted by Gasteiger charge is -2.14. The minimum Gasteiger partial charge on any atom is -0.373 e. The quantitative estimate of drug-likeness (QED) is 0.685. The number of epoxide rings is 2. The Morgan fingerprint density at radius 3 is 2.56 bits per heavy atom. The Labute approximate surface area is 95.3 Å². The first-order valence-corrected chi connectivity index (χ1v) is 5.80. The van der Waals surface area contributed by atoms with E-state index < -0.39 is 0 Å². The molecule has 3 heteroatoms. The molecule has 16 heavy (non-hydrogen) atoms. The fourth-order valence-corrected chi connectivity index (χ4v) is 1.84. The third-order valence-corrected chi connectivity index (χ3v) is 2.98. The Morgan fingerprint density at radius 2 is 1.94 bits per heavy atom. The van der Waals surface area contributed by atoms with Crippen molar-refractivity contribution in [3.05, 3.63) is 35.9 Å². The van der Waals surface area contributed by atoms with Crippen molar-refractivity contribution in [2.45, 2.75) is 31.3 Å². The van der Waals surface area contributed by atoms with E-state index in [-0.39, 0.29) is 6.10 Å². The van der Waals surface area contributed by atoms with Gasteiger partial charge in [-0.3, -0.25) is 0 Å². The topological polar surface area (TPSA) is 34.3 Å². The monoisotopic (exact) mass is 220 g/mol. The number of ether oxygens (including phenoxy) is 3. The summed E-state index contributed by atoms with van der Waals surface area (Å²) in [5.74, 6) is 0. The van der Waals surface area contributed by atoms with Crippen LogP contribution in [0, 0.1) is 0 Å². The lowest BCUT2D eigenvalue weighted by atomic mass is 10.1. The van der Waals surface area contributed by atoms with Crippen LogP contribution in [0.4, 0.5) is 0 Å². The number of benzene rings is 1. The van der Waals surface area contributed by atoms with E-state index in [1.807, 2.05) is 18.2 Å². The molecule has 1 aromatic rings. The SMILES string of the molecule is c1ccc(CO[C@@H](CC2CO2)[C@H]2CO2)cc1. The molecule has 1 unspecified atom stereocenters. The van der Waals surface area contributed by atoms with Gasteiger partial charge in [0.15, 0.2) is 0 Å². The molecule has 0 aliphatic carbocycles. The van der Waals surface area contributed by atoms with Crippen LogP contribution in [0.5, 0.6) is 0 Å². The average Bonchev–Trinajstić information content (AvgIpc) is 3.16. The standard InChI is InChI=1S/C13H16O3/c1-2-4-10(5-3-1)7-15-12(13-9-16-13)6-11-8-14-11/h1-5,11-13H,6-9H2/t11?,12-,13+/m0/s1. The molecule has 0 N–H and O–H groups in total. The lowest BCUT2D eigenvalue weighted by molar-refractivity contribution is 0.0120. The molecule has 2 aliphatic rings. The van der Waals surface area contributed by atoms with Crippen LogP contribution in [0.2, 0.25) is 0 Å². The maximum atomic E-state index is 5.90. The molecule has 3 rings (SSSR count). The molecule has 1 aromatic carbocycles. The lowest BCUT2D eigenvalue weighted by Crippen LogP contribution is -2.22. The van der Waals surface area contributed by atoms with Crippen molar-refractivity contribution < 1.29 is 14.2 Å². The normalized spacial score (nSPS) is 28.8. The zero-order valence-electron chi connectivity index (χ0n) is 9.17. The van der Waals surface area contributed by atoms with Crippen LogP contribution in [0.3, 0.4) is 0 Å². The molecule has 0 saturated carbocycles. The van der Waals surface area contributed by atoms with Gasteiger partial charge in [-0.15, -0.1) is 0 Å². The highest BCUT2D eigenvalue weighted by Gasteiger charge is 2.38. The van der Waals surface area contributed by atoms with Crippen molar-refractivity contribution in [2.75, 3.05) is 13.2 Å². The van der Waals surface area contributed by atoms with E-state index in [9.17, 15) is 0 Å². The predicted octanol–water partition coefficient (Wildman–Crippen LogP) is 1.76. The van der Waals surface area contributed by atoms with E-state index >= 15 is 0 Å². The Bertz CT molecular complexity index is 330. The molecule has 0 aromatic heterocycles. The Hall–Kier alpha value is -0.900. The van der Waals surface area contributed by atoms with Gasteiger partial charge in [-0.1, -0.05) is 30.3 Å². The van der Waals surface area contributed by atoms with Gasteiger partial charge in [-0.05, 0) is 5.56 Å². The third-order valence-electron chi connectivity index (χ3n) is 2.98. The molecule has 3 nitrogen and oxygen atoms in total. The van der Waals surface area contributed by atoms with Gasteiger partial charge in [0.25, 0.3) is 0 Å². The molecular weight excluding hydrogens is 204 g/mol. The summed E-state index contributed by atoms with van der Waals surface area (Å²) in [6, 6.07) is 10.2. The smallest absolute Gasteiger partial charge is 0.107 e. The molecule has 0 spiro atoms. The van der Waals surface area contributed by atoms with Gasteiger partial charge in [0.2, 0.25) is 0 Å². The van der Waals surface area contributed by atoms with E-state index in [0.29, 0.717) is 18.8 Å². The van der Waals surface area contributed by atoms with Crippen LogP contribution < -0.4 is 0 Å². The largest absolute Gasteiger partial charge is 0.373 e. The summed E-state index contributed by atoms with van der Waals surface area (Å²) in [5.41, 5.74) is 1.21. The summed E-state index contributed by atoms with van der Waals surface area (Å²) in [7, 11) is 0. The molecule has 2 fully saturated rings. The number of hydrogen-bond acceptors (Lipinski definition) is 3. The second-order valence-electron chi connectivity index (χ2n) is 4.40. The van der Waals surface area contributed by atoms with Crippen LogP contribution >= 0.6 is 0 Å². The van der Waals surface area contributed by atoms with Gasteiger partial charge in [0.1, 0.15) is 6.10 Å². The fraction of sp³-hybridized carbons (Fsp3) is 0.538. The highest BCUT2D eigenvalue weighted by molar-refractivity contribution is 5.13. The van der Waals surface area contributed by atoms with Crippen LogP contribution in [-0.2, 0) is 20.8 Å². The number of hydrogen-bond donors (Lipinski definition) is 0. The maximum Gasteiger partial charge on any atom is 0.107 e. The van der Waals surface area contributed by atoms with Gasteiger partial charge < -0.3 is 14.2 Å². The predicted molar refractivity (Wildman–Crippen MR) is 59.1 cm³/mol. The maximum absolute atomic E-state index is 5.90. The highest BCUT2D eigenvalue weighted by Crippen LogP contribution is 2.26. The zero-order valence-corrected chi connectivity index (χ0v) is 9.17. The first-order valence-electron chi connectivity index (χ1n) is 5.80. The Kier molecular flexibility index (Phi) is 2.91. The minimum atomic E-state index is 0.202. The van der Waals surface area contributed by atoms with Crippen molar-refractivity contribution >= 4 is 0 Å². The van der Waals surface area contributed by atoms with E-state index in [0.717, 1.165) is 19.6 Å². The van der Waals surface area contributed by atoms with Gasteiger partial charge in [0, 0.05) is 6.42 Å². The molecule has 2 aliphatic heterocycles. The summed E-state index contributed by atoms with van der Waals surface area (Å²) >= 11 is 0. The number of rotatable bonds is 6. The van der Waals surface area contributed by atoms with Gasteiger partial charge in [-0.2, -0.15) is 0 Å². The van der Waals surface area contributed by atoms with E-state index in [1.54, 1.807) is 0 Å². The molecule has 2 saturated heterocycles. The highest BCUT2D eigenvalue weighted by atomic mass is 16.6. The van der Waals surface area contributed by atoms with Crippen molar-refractivity contribution in [3.8, 4) is 0 Å². The van der Waals surface area contributed by atoms with Crippen LogP contribution in [0.25, 0.3) is 0 Å². The first kappa shape index (κ1) is 10.3. The van der Waals surface area contributed by atoms with Gasteiger partial charge in [0.05, 0.1) is 32.0 Å². The van der Waals surface area contributed by atoms with Crippen molar-refractivity contribution in [2.24, 2.45) is 0 Å². The fourth-order valence-electron chi connectivity index (χ4n) is 1.84. The van der Waals surface area contributed by atoms with Crippen molar-refractivity contribution in [1.29, 1.82) is 0 Å². The Balaban J connectivity index is 1.51. The molecule has 86 valence electrons. The van der Waals surface area contributed by atoms with E-state index in [2.05, 4.69) is 12.1 Å². The summed E-state index contributed by atoms with van der Waals surface area (Å²) in [6.07, 6.45) is 1.88. The van der Waals surface area contributed by atoms with Gasteiger partial charge in [-0.25, -0.2) is 0 Å². The molecule has 3 atom stereocenters. The van der Waals surface area contributed by atoms with E-state index in [4.69, 9.17) is 14.2 Å². The van der Waals surface area contributed by atoms with Crippen LogP contribution in [-0.4, -0.2) is 31.5 Å². The molecular formula is C13H16O3. The molecule has 0 bridgehead atoms. The van der Waals surface area contributed by atoms with Crippen molar-refractivity contribution in [1.82, 2.24) is 0 Å². The molecule has 0 amide bonds. The summed E-state index contributed by atoms with van der Waals surface area (Å²) in [5, 5.41) is 0. The van der Waals surface area contributed by atoms with E-state index in [1.165, 1.54) is 5.56 Å². The first-order chi connectivity index (χ1) is 7.92. The summed E-state index contributed by atoms with van der Waals surface area (Å²) in [6.45, 7) is 2.39. The average molecular weight is 220 g/mol. The van der Waals surface area contributed by atoms with Crippen molar-refractivity contribution in [3.63, 3.8) is 0 Å². The summed E-state index contributed by atoms with van der Waals surface area (Å²) < 4.78 is 16.4. The Morgan fingerprint density at radius 1 is 1.19 bits per heavy atom. The second-order valence-corrected chi connectivity index (χ2v) is 4.40. The third kappa shape index (κ3) is 2.82. The second kappa shape index (κ2) is 4.53. The summed E-state index contributed by atoms with van der Waals surface area (Å²) in [4.78, 5) is 0.